The van der Waals surface area contributed by atoms with Gasteiger partial charge in [0.25, 0.3) is 0 Å². The summed E-state index contributed by atoms with van der Waals surface area (Å²) in [5.41, 5.74) is -1.77. The van der Waals surface area contributed by atoms with Crippen molar-refractivity contribution in [2.75, 3.05) is 11.9 Å². The van der Waals surface area contributed by atoms with Gasteiger partial charge in [-0.05, 0) is 37.5 Å². The summed E-state index contributed by atoms with van der Waals surface area (Å²) < 4.78 is 51.2. The summed E-state index contributed by atoms with van der Waals surface area (Å²) in [6.45, 7) is 3.58. The molecule has 4 nitrogen and oxygen atoms in total. The lowest BCUT2D eigenvalue weighted by Gasteiger charge is -2.16. The number of aliphatic hydroxyl groups excluding tert-OH is 1. The molecular weight excluding hydrogens is 304 g/mol. The molecule has 0 aliphatic rings. The summed E-state index contributed by atoms with van der Waals surface area (Å²) >= 11 is 0. The first kappa shape index (κ1) is 18.2. The number of hydrogen-bond acceptors (Lipinski definition) is 2. The fraction of sp³-hybridized carbons (Fsp3) is 0.500. The smallest absolute Gasteiger partial charge is 0.393 e. The second-order valence-corrected chi connectivity index (χ2v) is 5.21. The van der Waals surface area contributed by atoms with Crippen LogP contribution in [0.2, 0.25) is 0 Å². The molecular formula is C14H18F4N2O2. The standard InChI is InChI=1S/C14H18F4N2O2/c1-8(5-9(2)21)7-19-13(22)20-12-4-3-10(15)6-11(12)14(16,17)18/h3-4,6,8-9,21H,5,7H2,1-2H3,(H2,19,20,22). The Bertz CT molecular complexity index is 518. The van der Waals surface area contributed by atoms with E-state index in [4.69, 9.17) is 0 Å². The Morgan fingerprint density at radius 2 is 1.95 bits per heavy atom. The third-order valence-electron chi connectivity index (χ3n) is 2.89. The van der Waals surface area contributed by atoms with Crippen LogP contribution in [-0.4, -0.2) is 23.8 Å². The fourth-order valence-corrected chi connectivity index (χ4v) is 1.96. The minimum Gasteiger partial charge on any atom is -0.393 e. The van der Waals surface area contributed by atoms with Gasteiger partial charge in [0.05, 0.1) is 17.4 Å². The molecule has 3 N–H and O–H groups in total. The van der Waals surface area contributed by atoms with Gasteiger partial charge in [0, 0.05) is 6.54 Å². The van der Waals surface area contributed by atoms with Gasteiger partial charge < -0.3 is 15.7 Å². The number of amides is 2. The summed E-state index contributed by atoms with van der Waals surface area (Å²) in [4.78, 5) is 11.6. The Morgan fingerprint density at radius 3 is 2.50 bits per heavy atom. The van der Waals surface area contributed by atoms with Crippen molar-refractivity contribution in [3.63, 3.8) is 0 Å². The first-order chi connectivity index (χ1) is 10.1. The van der Waals surface area contributed by atoms with E-state index >= 15 is 0 Å². The average molecular weight is 322 g/mol. The van der Waals surface area contributed by atoms with Crippen LogP contribution in [0.15, 0.2) is 18.2 Å². The number of alkyl halides is 3. The fourth-order valence-electron chi connectivity index (χ4n) is 1.96. The first-order valence-electron chi connectivity index (χ1n) is 6.69. The van der Waals surface area contributed by atoms with Crippen molar-refractivity contribution < 1.29 is 27.5 Å². The molecule has 0 aliphatic heterocycles. The largest absolute Gasteiger partial charge is 0.418 e. The number of carbonyl (C=O) groups excluding carboxylic acids is 1. The summed E-state index contributed by atoms with van der Waals surface area (Å²) in [6.07, 6.45) is -4.86. The van der Waals surface area contributed by atoms with Crippen molar-refractivity contribution in [1.82, 2.24) is 5.32 Å². The van der Waals surface area contributed by atoms with E-state index in [0.717, 1.165) is 12.1 Å². The molecule has 1 aromatic carbocycles. The molecule has 1 aromatic rings. The lowest BCUT2D eigenvalue weighted by molar-refractivity contribution is -0.137. The van der Waals surface area contributed by atoms with Gasteiger partial charge in [-0.15, -0.1) is 0 Å². The molecule has 0 aliphatic carbocycles. The molecule has 8 heteroatoms. The lowest BCUT2D eigenvalue weighted by atomic mass is 10.1. The lowest BCUT2D eigenvalue weighted by Crippen LogP contribution is -2.33. The molecule has 124 valence electrons. The SMILES string of the molecule is CC(O)CC(C)CNC(=O)Nc1ccc(F)cc1C(F)(F)F. The number of rotatable bonds is 5. The molecule has 0 aromatic heterocycles. The minimum absolute atomic E-state index is 0.0407. The quantitative estimate of drug-likeness (QED) is 0.728. The summed E-state index contributed by atoms with van der Waals surface area (Å²) in [7, 11) is 0. The molecule has 2 atom stereocenters. The predicted molar refractivity (Wildman–Crippen MR) is 73.9 cm³/mol. The number of aliphatic hydroxyl groups is 1. The average Bonchev–Trinajstić information content (AvgIpc) is 2.36. The summed E-state index contributed by atoms with van der Waals surface area (Å²) in [5, 5.41) is 13.6. The van der Waals surface area contributed by atoms with Gasteiger partial charge in [0.15, 0.2) is 0 Å². The number of anilines is 1. The second kappa shape index (κ2) is 7.44. The molecule has 2 unspecified atom stereocenters. The third kappa shape index (κ3) is 5.88. The molecule has 2 amide bonds. The number of hydrogen-bond donors (Lipinski definition) is 3. The van der Waals surface area contributed by atoms with E-state index in [1.807, 2.05) is 0 Å². The Kier molecular flexibility index (Phi) is 6.16. The number of urea groups is 1. The zero-order valence-electron chi connectivity index (χ0n) is 12.2. The highest BCUT2D eigenvalue weighted by atomic mass is 19.4. The van der Waals surface area contributed by atoms with Gasteiger partial charge in [-0.3, -0.25) is 0 Å². The molecule has 0 spiro atoms. The highest BCUT2D eigenvalue weighted by molar-refractivity contribution is 5.90. The van der Waals surface area contributed by atoms with Crippen LogP contribution in [0.25, 0.3) is 0 Å². The zero-order chi connectivity index (χ0) is 16.9. The minimum atomic E-state index is -4.77. The van der Waals surface area contributed by atoms with Crippen molar-refractivity contribution in [2.24, 2.45) is 5.92 Å². The summed E-state index contributed by atoms with van der Waals surface area (Å²) in [6, 6.07) is 1.19. The van der Waals surface area contributed by atoms with Crippen LogP contribution >= 0.6 is 0 Å². The van der Waals surface area contributed by atoms with Gasteiger partial charge in [-0.1, -0.05) is 6.92 Å². The number of carbonyl (C=O) groups is 1. The molecule has 1 rings (SSSR count). The number of benzene rings is 1. The van der Waals surface area contributed by atoms with Crippen LogP contribution in [0.5, 0.6) is 0 Å². The van der Waals surface area contributed by atoms with Crippen LogP contribution in [-0.2, 0) is 6.18 Å². The molecule has 22 heavy (non-hydrogen) atoms. The Hall–Kier alpha value is -1.83. The topological polar surface area (TPSA) is 61.4 Å². The maximum atomic E-state index is 12.9. The summed E-state index contributed by atoms with van der Waals surface area (Å²) in [5.74, 6) is -1.08. The zero-order valence-corrected chi connectivity index (χ0v) is 12.2. The molecule has 0 saturated carbocycles. The van der Waals surface area contributed by atoms with Crippen LogP contribution in [0.4, 0.5) is 28.0 Å². The first-order valence-corrected chi connectivity index (χ1v) is 6.69. The molecule has 0 saturated heterocycles. The maximum absolute atomic E-state index is 12.9. The Balaban J connectivity index is 2.69. The van der Waals surface area contributed by atoms with Crippen LogP contribution in [0, 0.1) is 11.7 Å². The van der Waals surface area contributed by atoms with E-state index in [1.54, 1.807) is 13.8 Å². The van der Waals surface area contributed by atoms with Gasteiger partial charge >= 0.3 is 12.2 Å². The van der Waals surface area contributed by atoms with E-state index < -0.39 is 35.4 Å². The van der Waals surface area contributed by atoms with Crippen molar-refractivity contribution in [2.45, 2.75) is 32.5 Å². The van der Waals surface area contributed by atoms with Crippen molar-refractivity contribution in [1.29, 1.82) is 0 Å². The van der Waals surface area contributed by atoms with Crippen molar-refractivity contribution in [3.05, 3.63) is 29.6 Å². The highest BCUT2D eigenvalue weighted by Gasteiger charge is 2.34. The van der Waals surface area contributed by atoms with E-state index in [1.165, 1.54) is 0 Å². The molecule has 0 bridgehead atoms. The van der Waals surface area contributed by atoms with E-state index in [2.05, 4.69) is 10.6 Å². The van der Waals surface area contributed by atoms with E-state index in [9.17, 15) is 27.5 Å². The van der Waals surface area contributed by atoms with Gasteiger partial charge in [-0.2, -0.15) is 13.2 Å². The van der Waals surface area contributed by atoms with Gasteiger partial charge in [0.1, 0.15) is 5.82 Å². The Labute approximate surface area is 125 Å². The van der Waals surface area contributed by atoms with Gasteiger partial charge in [0.2, 0.25) is 0 Å². The highest BCUT2D eigenvalue weighted by Crippen LogP contribution is 2.35. The molecule has 0 heterocycles. The predicted octanol–water partition coefficient (Wildman–Crippen LogP) is 3.37. The van der Waals surface area contributed by atoms with E-state index in [0.29, 0.717) is 12.5 Å². The number of nitrogens with one attached hydrogen (secondary N) is 2. The maximum Gasteiger partial charge on any atom is 0.418 e. The Morgan fingerprint density at radius 1 is 1.32 bits per heavy atom. The third-order valence-corrected chi connectivity index (χ3v) is 2.89. The van der Waals surface area contributed by atoms with Crippen LogP contribution < -0.4 is 10.6 Å². The normalized spacial score (nSPS) is 14.3. The monoisotopic (exact) mass is 322 g/mol. The second-order valence-electron chi connectivity index (χ2n) is 5.21. The van der Waals surface area contributed by atoms with Crippen LogP contribution in [0.3, 0.4) is 0 Å². The molecule has 0 fully saturated rings. The van der Waals surface area contributed by atoms with Crippen LogP contribution in [0.1, 0.15) is 25.8 Å². The van der Waals surface area contributed by atoms with Crippen molar-refractivity contribution in [3.8, 4) is 0 Å². The van der Waals surface area contributed by atoms with E-state index in [-0.39, 0.29) is 12.5 Å². The molecule has 0 radical (unpaired) electrons. The van der Waals surface area contributed by atoms with Gasteiger partial charge in [-0.25, -0.2) is 9.18 Å². The van der Waals surface area contributed by atoms with Crippen molar-refractivity contribution >= 4 is 11.7 Å². The number of halogens is 4.